The predicted octanol–water partition coefficient (Wildman–Crippen LogP) is 4.08. The Hall–Kier alpha value is -2.08. The average Bonchev–Trinajstić information content (AvgIpc) is 2.42. The van der Waals surface area contributed by atoms with Gasteiger partial charge in [0.1, 0.15) is 16.6 Å². The SMILES string of the molecule is CNc1ncc(C(C)(C)NC(=O)OC(C)(C)C)c2cc(Cl)ncc12. The zero-order valence-electron chi connectivity index (χ0n) is 14.8. The van der Waals surface area contributed by atoms with Crippen LogP contribution >= 0.6 is 11.6 Å². The van der Waals surface area contributed by atoms with E-state index in [-0.39, 0.29) is 0 Å². The number of carbonyl (C=O) groups excluding carboxylic acids is 1. The maximum atomic E-state index is 12.2. The number of nitrogens with zero attached hydrogens (tertiary/aromatic N) is 2. The van der Waals surface area contributed by atoms with Gasteiger partial charge in [-0.05, 0) is 46.1 Å². The first kappa shape index (κ1) is 18.3. The molecular formula is C17H23ClN4O2. The largest absolute Gasteiger partial charge is 0.444 e. The van der Waals surface area contributed by atoms with Crippen molar-refractivity contribution in [2.45, 2.75) is 45.8 Å². The van der Waals surface area contributed by atoms with Crippen molar-refractivity contribution in [2.24, 2.45) is 0 Å². The highest BCUT2D eigenvalue weighted by molar-refractivity contribution is 6.30. The van der Waals surface area contributed by atoms with Crippen LogP contribution in [0.1, 0.15) is 40.2 Å². The molecule has 0 fully saturated rings. The summed E-state index contributed by atoms with van der Waals surface area (Å²) in [5.41, 5.74) is -0.444. The smallest absolute Gasteiger partial charge is 0.408 e. The first-order valence-corrected chi connectivity index (χ1v) is 8.05. The van der Waals surface area contributed by atoms with Crippen LogP contribution < -0.4 is 10.6 Å². The van der Waals surface area contributed by atoms with E-state index in [2.05, 4.69) is 20.6 Å². The molecule has 2 heterocycles. The van der Waals surface area contributed by atoms with Gasteiger partial charge in [-0.1, -0.05) is 11.6 Å². The maximum Gasteiger partial charge on any atom is 0.408 e. The monoisotopic (exact) mass is 350 g/mol. The second-order valence-electron chi connectivity index (χ2n) is 7.07. The Labute approximate surface area is 147 Å². The molecular weight excluding hydrogens is 328 g/mol. The van der Waals surface area contributed by atoms with Gasteiger partial charge in [0.25, 0.3) is 0 Å². The molecule has 0 radical (unpaired) electrons. The summed E-state index contributed by atoms with van der Waals surface area (Å²) >= 11 is 6.07. The zero-order chi connectivity index (χ0) is 18.1. The van der Waals surface area contributed by atoms with Crippen molar-refractivity contribution in [1.29, 1.82) is 0 Å². The molecule has 130 valence electrons. The van der Waals surface area contributed by atoms with Crippen molar-refractivity contribution in [1.82, 2.24) is 15.3 Å². The number of anilines is 1. The minimum Gasteiger partial charge on any atom is -0.444 e. The topological polar surface area (TPSA) is 76.1 Å². The van der Waals surface area contributed by atoms with E-state index in [1.165, 1.54) is 0 Å². The molecule has 2 aromatic rings. The van der Waals surface area contributed by atoms with Gasteiger partial charge in [0.15, 0.2) is 0 Å². The number of ether oxygens (including phenoxy) is 1. The first-order chi connectivity index (χ1) is 11.0. The summed E-state index contributed by atoms with van der Waals surface area (Å²) in [6.45, 7) is 9.25. The lowest BCUT2D eigenvalue weighted by Crippen LogP contribution is -2.44. The van der Waals surface area contributed by atoms with Crippen molar-refractivity contribution in [3.05, 3.63) is 29.2 Å². The number of carbonyl (C=O) groups is 1. The van der Waals surface area contributed by atoms with E-state index < -0.39 is 17.2 Å². The fourth-order valence-corrected chi connectivity index (χ4v) is 2.59. The molecule has 0 unspecified atom stereocenters. The summed E-state index contributed by atoms with van der Waals surface area (Å²) in [4.78, 5) is 20.7. The lowest BCUT2D eigenvalue weighted by molar-refractivity contribution is 0.0471. The molecule has 0 bridgehead atoms. The average molecular weight is 351 g/mol. The highest BCUT2D eigenvalue weighted by Gasteiger charge is 2.28. The lowest BCUT2D eigenvalue weighted by atomic mass is 9.92. The van der Waals surface area contributed by atoms with Crippen LogP contribution in [-0.4, -0.2) is 28.7 Å². The third-order valence-electron chi connectivity index (χ3n) is 3.46. The number of hydrogen-bond acceptors (Lipinski definition) is 5. The molecule has 0 saturated heterocycles. The van der Waals surface area contributed by atoms with E-state index in [0.717, 1.165) is 16.3 Å². The summed E-state index contributed by atoms with van der Waals surface area (Å²) in [5.74, 6) is 0.700. The molecule has 2 N–H and O–H groups in total. The molecule has 2 rings (SSSR count). The number of fused-ring (bicyclic) bond motifs is 1. The Bertz CT molecular complexity index is 769. The number of alkyl carbamates (subject to hydrolysis) is 1. The third kappa shape index (κ3) is 4.06. The van der Waals surface area contributed by atoms with Gasteiger partial charge in [-0.2, -0.15) is 0 Å². The standard InChI is InChI=1S/C17H23ClN4O2/c1-16(2,3)24-15(23)22-17(4,5)12-9-21-14(19-6)11-8-20-13(18)7-10(11)12/h7-9H,1-6H3,(H,19,21)(H,22,23). The van der Waals surface area contributed by atoms with Crippen LogP contribution in [0.25, 0.3) is 10.8 Å². The van der Waals surface area contributed by atoms with E-state index in [1.54, 1.807) is 25.5 Å². The van der Waals surface area contributed by atoms with Crippen LogP contribution in [-0.2, 0) is 10.3 Å². The van der Waals surface area contributed by atoms with Gasteiger partial charge in [-0.25, -0.2) is 14.8 Å². The fourth-order valence-electron chi connectivity index (χ4n) is 2.43. The number of amides is 1. The van der Waals surface area contributed by atoms with Crippen molar-refractivity contribution in [2.75, 3.05) is 12.4 Å². The number of nitrogens with one attached hydrogen (secondary N) is 2. The number of halogens is 1. The molecule has 24 heavy (non-hydrogen) atoms. The molecule has 1 amide bonds. The van der Waals surface area contributed by atoms with Gasteiger partial charge in [0, 0.05) is 30.4 Å². The number of rotatable bonds is 3. The maximum absolute atomic E-state index is 12.2. The first-order valence-electron chi connectivity index (χ1n) is 7.67. The van der Waals surface area contributed by atoms with E-state index in [1.807, 2.05) is 34.6 Å². The Morgan fingerprint density at radius 1 is 1.12 bits per heavy atom. The normalized spacial score (nSPS) is 12.1. The molecule has 0 aliphatic rings. The third-order valence-corrected chi connectivity index (χ3v) is 3.67. The van der Waals surface area contributed by atoms with E-state index in [9.17, 15) is 4.79 Å². The Morgan fingerprint density at radius 2 is 1.79 bits per heavy atom. The molecule has 7 heteroatoms. The Morgan fingerprint density at radius 3 is 2.38 bits per heavy atom. The zero-order valence-corrected chi connectivity index (χ0v) is 15.6. The molecule has 0 aromatic carbocycles. The van der Waals surface area contributed by atoms with E-state index >= 15 is 0 Å². The molecule has 6 nitrogen and oxygen atoms in total. The van der Waals surface area contributed by atoms with Crippen molar-refractivity contribution >= 4 is 34.3 Å². The quantitative estimate of drug-likeness (QED) is 0.815. The second-order valence-corrected chi connectivity index (χ2v) is 7.46. The van der Waals surface area contributed by atoms with Crippen LogP contribution in [0.4, 0.5) is 10.6 Å². The Balaban J connectivity index is 2.46. The van der Waals surface area contributed by atoms with Gasteiger partial charge in [0.2, 0.25) is 0 Å². The molecule has 0 aliphatic heterocycles. The van der Waals surface area contributed by atoms with Gasteiger partial charge in [-0.15, -0.1) is 0 Å². The minimum absolute atomic E-state index is 0.380. The summed E-state index contributed by atoms with van der Waals surface area (Å²) in [7, 11) is 1.79. The van der Waals surface area contributed by atoms with E-state index in [4.69, 9.17) is 16.3 Å². The summed E-state index contributed by atoms with van der Waals surface area (Å²) in [5, 5.41) is 8.01. The van der Waals surface area contributed by atoms with Crippen molar-refractivity contribution in [3.8, 4) is 0 Å². The number of aromatic nitrogens is 2. The van der Waals surface area contributed by atoms with Gasteiger partial charge in [-0.3, -0.25) is 0 Å². The predicted molar refractivity (Wildman–Crippen MR) is 96.5 cm³/mol. The fraction of sp³-hybridized carbons (Fsp3) is 0.471. The number of hydrogen-bond donors (Lipinski definition) is 2. The molecule has 0 spiro atoms. The van der Waals surface area contributed by atoms with Gasteiger partial charge in [0.05, 0.1) is 5.54 Å². The highest BCUT2D eigenvalue weighted by Crippen LogP contribution is 2.32. The van der Waals surface area contributed by atoms with Gasteiger partial charge >= 0.3 is 6.09 Å². The van der Waals surface area contributed by atoms with Crippen LogP contribution in [0.2, 0.25) is 5.15 Å². The molecule has 0 saturated carbocycles. The minimum atomic E-state index is -0.704. The van der Waals surface area contributed by atoms with Gasteiger partial charge < -0.3 is 15.4 Å². The van der Waals surface area contributed by atoms with Crippen molar-refractivity contribution < 1.29 is 9.53 Å². The highest BCUT2D eigenvalue weighted by atomic mass is 35.5. The lowest BCUT2D eigenvalue weighted by Gasteiger charge is -2.30. The summed E-state index contributed by atoms with van der Waals surface area (Å²) in [6, 6.07) is 1.77. The van der Waals surface area contributed by atoms with Crippen LogP contribution in [0.5, 0.6) is 0 Å². The molecule has 0 atom stereocenters. The number of pyridine rings is 2. The molecule has 0 aliphatic carbocycles. The van der Waals surface area contributed by atoms with E-state index in [0.29, 0.717) is 11.0 Å². The second kappa shape index (κ2) is 6.43. The van der Waals surface area contributed by atoms with Crippen LogP contribution in [0.15, 0.2) is 18.5 Å². The van der Waals surface area contributed by atoms with Crippen LogP contribution in [0.3, 0.4) is 0 Å². The Kier molecular flexibility index (Phi) is 4.90. The van der Waals surface area contributed by atoms with Crippen LogP contribution in [0, 0.1) is 0 Å². The van der Waals surface area contributed by atoms with Crippen molar-refractivity contribution in [3.63, 3.8) is 0 Å². The molecule has 2 aromatic heterocycles. The summed E-state index contributed by atoms with van der Waals surface area (Å²) in [6.07, 6.45) is 2.91. The summed E-state index contributed by atoms with van der Waals surface area (Å²) < 4.78 is 5.35.